The van der Waals surface area contributed by atoms with Crippen LogP contribution in [0, 0.1) is 5.92 Å². The van der Waals surface area contributed by atoms with Gasteiger partial charge in [-0.05, 0) is 44.8 Å². The van der Waals surface area contributed by atoms with Crippen molar-refractivity contribution in [3.8, 4) is 5.75 Å². The molecule has 174 valence electrons. The van der Waals surface area contributed by atoms with Gasteiger partial charge in [0.15, 0.2) is 5.96 Å². The Morgan fingerprint density at radius 1 is 1.19 bits per heavy atom. The number of likely N-dealkylation sites (tertiary alicyclic amines) is 1. The number of nitrogens with one attached hydrogen (secondary N) is 2. The molecule has 1 saturated heterocycles. The van der Waals surface area contributed by atoms with Gasteiger partial charge in [-0.1, -0.05) is 32.0 Å². The lowest BCUT2D eigenvalue weighted by Crippen LogP contribution is -2.46. The van der Waals surface area contributed by atoms with Gasteiger partial charge in [0.05, 0.1) is 6.54 Å². The van der Waals surface area contributed by atoms with Crippen LogP contribution < -0.4 is 15.4 Å². The predicted molar refractivity (Wildman–Crippen MR) is 128 cm³/mol. The van der Waals surface area contributed by atoms with Crippen LogP contribution in [-0.4, -0.2) is 74.6 Å². The van der Waals surface area contributed by atoms with E-state index in [0.717, 1.165) is 69.4 Å². The highest BCUT2D eigenvalue weighted by atomic mass is 16.5. The molecule has 0 atom stereocenters. The predicted octanol–water partition coefficient (Wildman–Crippen LogP) is 2.72. The third kappa shape index (κ3) is 8.40. The first-order chi connectivity index (χ1) is 15.1. The van der Waals surface area contributed by atoms with Gasteiger partial charge >= 0.3 is 0 Å². The number of aliphatic imine (C=N–C) groups is 1. The smallest absolute Gasteiger partial charge is 0.220 e. The number of rotatable bonds is 11. The molecule has 0 saturated carbocycles. The fraction of sp³-hybridized carbons (Fsp3) is 0.667. The molecule has 1 amide bonds. The monoisotopic (exact) mass is 431 g/mol. The number of para-hydroxylation sites is 1. The number of hydrogen-bond acceptors (Lipinski definition) is 4. The number of carbonyl (C=O) groups excluding carboxylic acids is 1. The van der Waals surface area contributed by atoms with E-state index in [1.54, 1.807) is 7.05 Å². The van der Waals surface area contributed by atoms with E-state index in [4.69, 9.17) is 9.73 Å². The number of carbonyl (C=O) groups is 1. The number of piperidine rings is 1. The Labute approximate surface area is 188 Å². The van der Waals surface area contributed by atoms with Crippen molar-refractivity contribution in [3.63, 3.8) is 0 Å². The molecule has 7 nitrogen and oxygen atoms in total. The van der Waals surface area contributed by atoms with E-state index >= 15 is 0 Å². The molecule has 0 aromatic heterocycles. The number of hydrogen-bond donors (Lipinski definition) is 2. The number of ether oxygens (including phenoxy) is 1. The topological polar surface area (TPSA) is 69.2 Å². The van der Waals surface area contributed by atoms with Crippen molar-refractivity contribution >= 4 is 11.9 Å². The van der Waals surface area contributed by atoms with Crippen LogP contribution in [0.3, 0.4) is 0 Å². The Hall–Kier alpha value is -2.28. The average molecular weight is 432 g/mol. The average Bonchev–Trinajstić information content (AvgIpc) is 2.80. The van der Waals surface area contributed by atoms with Crippen molar-refractivity contribution < 1.29 is 9.53 Å². The summed E-state index contributed by atoms with van der Waals surface area (Å²) in [5, 5.41) is 6.17. The lowest BCUT2D eigenvalue weighted by molar-refractivity contribution is -0.121. The summed E-state index contributed by atoms with van der Waals surface area (Å²) in [6.07, 6.45) is 2.65. The molecule has 1 aliphatic heterocycles. The summed E-state index contributed by atoms with van der Waals surface area (Å²) in [4.78, 5) is 21.2. The number of benzene rings is 1. The zero-order chi connectivity index (χ0) is 22.5. The summed E-state index contributed by atoms with van der Waals surface area (Å²) in [5.74, 6) is 2.45. The van der Waals surface area contributed by atoms with E-state index < -0.39 is 0 Å². The van der Waals surface area contributed by atoms with Gasteiger partial charge in [-0.2, -0.15) is 0 Å². The molecule has 0 spiro atoms. The third-order valence-electron chi connectivity index (χ3n) is 5.93. The summed E-state index contributed by atoms with van der Waals surface area (Å²) >= 11 is 0. The number of likely N-dealkylation sites (N-methyl/N-ethyl adjacent to an activating group) is 1. The minimum atomic E-state index is 0.136. The number of guanidine groups is 1. The molecule has 31 heavy (non-hydrogen) atoms. The second kappa shape index (κ2) is 13.9. The maximum absolute atomic E-state index is 11.7. The van der Waals surface area contributed by atoms with Crippen molar-refractivity contribution in [3.05, 3.63) is 29.8 Å². The molecule has 1 aromatic rings. The molecular formula is C24H41N5O2. The quantitative estimate of drug-likeness (QED) is 0.416. The molecule has 7 heteroatoms. The molecule has 0 radical (unpaired) electrons. The molecular weight excluding hydrogens is 390 g/mol. The van der Waals surface area contributed by atoms with Gasteiger partial charge in [0.25, 0.3) is 0 Å². The fourth-order valence-electron chi connectivity index (χ4n) is 3.90. The summed E-state index contributed by atoms with van der Waals surface area (Å²) in [7, 11) is 1.71. The van der Waals surface area contributed by atoms with E-state index in [1.807, 2.05) is 18.2 Å². The second-order valence-corrected chi connectivity index (χ2v) is 7.96. The van der Waals surface area contributed by atoms with Gasteiger partial charge in [0.1, 0.15) is 12.4 Å². The van der Waals surface area contributed by atoms with Crippen LogP contribution in [0.25, 0.3) is 0 Å². The molecule has 1 aromatic carbocycles. The standard InChI is InChI=1S/C24H41N5O2/c1-5-26-24(29-14-12-20(13-15-29)18-23(30)25-4)27-19-21-10-8-9-11-22(21)31-17-16-28(6-2)7-3/h8-11,20H,5-7,12-19H2,1-4H3,(H,25,30)(H,26,27). The minimum absolute atomic E-state index is 0.136. The van der Waals surface area contributed by atoms with Crippen molar-refractivity contribution in [2.75, 3.05) is 52.9 Å². The Balaban J connectivity index is 1.95. The first-order valence-corrected chi connectivity index (χ1v) is 11.8. The van der Waals surface area contributed by atoms with Gasteiger partial charge < -0.3 is 25.2 Å². The zero-order valence-corrected chi connectivity index (χ0v) is 19.8. The van der Waals surface area contributed by atoms with Crippen LogP contribution in [0.4, 0.5) is 0 Å². The van der Waals surface area contributed by atoms with Crippen LogP contribution >= 0.6 is 0 Å². The molecule has 0 aliphatic carbocycles. The molecule has 2 N–H and O–H groups in total. The van der Waals surface area contributed by atoms with Crippen molar-refractivity contribution in [1.82, 2.24) is 20.4 Å². The summed E-state index contributed by atoms with van der Waals surface area (Å²) in [6.45, 7) is 13.4. The minimum Gasteiger partial charge on any atom is -0.492 e. The lowest BCUT2D eigenvalue weighted by atomic mass is 9.93. The third-order valence-corrected chi connectivity index (χ3v) is 5.93. The highest BCUT2D eigenvalue weighted by Crippen LogP contribution is 2.22. The van der Waals surface area contributed by atoms with Crippen LogP contribution in [0.2, 0.25) is 0 Å². The van der Waals surface area contributed by atoms with Gasteiger partial charge in [0, 0.05) is 45.2 Å². The first-order valence-electron chi connectivity index (χ1n) is 11.8. The van der Waals surface area contributed by atoms with Crippen LogP contribution in [0.5, 0.6) is 5.75 Å². The van der Waals surface area contributed by atoms with Crippen LogP contribution in [0.1, 0.15) is 45.6 Å². The Morgan fingerprint density at radius 3 is 2.55 bits per heavy atom. The molecule has 1 heterocycles. The molecule has 2 rings (SSSR count). The second-order valence-electron chi connectivity index (χ2n) is 7.96. The molecule has 0 bridgehead atoms. The van der Waals surface area contributed by atoms with E-state index in [2.05, 4.69) is 47.3 Å². The van der Waals surface area contributed by atoms with Gasteiger partial charge in [-0.15, -0.1) is 0 Å². The van der Waals surface area contributed by atoms with Crippen LogP contribution in [0.15, 0.2) is 29.3 Å². The summed E-state index contributed by atoms with van der Waals surface area (Å²) in [6, 6.07) is 8.18. The molecule has 1 fully saturated rings. The Bertz CT molecular complexity index is 682. The Morgan fingerprint density at radius 2 is 1.90 bits per heavy atom. The maximum atomic E-state index is 11.7. The number of amides is 1. The van der Waals surface area contributed by atoms with Crippen molar-refractivity contribution in [2.24, 2.45) is 10.9 Å². The van der Waals surface area contributed by atoms with E-state index in [9.17, 15) is 4.79 Å². The fourth-order valence-corrected chi connectivity index (χ4v) is 3.90. The highest BCUT2D eigenvalue weighted by Gasteiger charge is 2.23. The first kappa shape index (κ1) is 25.0. The largest absolute Gasteiger partial charge is 0.492 e. The van der Waals surface area contributed by atoms with Crippen molar-refractivity contribution in [1.29, 1.82) is 0 Å². The maximum Gasteiger partial charge on any atom is 0.220 e. The van der Waals surface area contributed by atoms with Gasteiger partial charge in [0.2, 0.25) is 5.91 Å². The molecule has 1 aliphatic rings. The van der Waals surface area contributed by atoms with E-state index in [-0.39, 0.29) is 5.91 Å². The van der Waals surface area contributed by atoms with E-state index in [1.165, 1.54) is 0 Å². The zero-order valence-electron chi connectivity index (χ0n) is 19.8. The normalized spacial score (nSPS) is 15.3. The van der Waals surface area contributed by atoms with Gasteiger partial charge in [-0.25, -0.2) is 4.99 Å². The Kier molecular flexibility index (Phi) is 11.2. The molecule has 0 unspecified atom stereocenters. The van der Waals surface area contributed by atoms with Crippen molar-refractivity contribution in [2.45, 2.75) is 46.6 Å². The highest BCUT2D eigenvalue weighted by molar-refractivity contribution is 5.80. The van der Waals surface area contributed by atoms with Gasteiger partial charge in [-0.3, -0.25) is 4.79 Å². The van der Waals surface area contributed by atoms with Crippen LogP contribution in [-0.2, 0) is 11.3 Å². The summed E-state index contributed by atoms with van der Waals surface area (Å²) in [5.41, 5.74) is 1.10. The summed E-state index contributed by atoms with van der Waals surface area (Å²) < 4.78 is 6.09. The lowest BCUT2D eigenvalue weighted by Gasteiger charge is -2.34. The number of nitrogens with zero attached hydrogens (tertiary/aromatic N) is 3. The SMILES string of the molecule is CCNC(=NCc1ccccc1OCCN(CC)CC)N1CCC(CC(=O)NC)CC1. The van der Waals surface area contributed by atoms with E-state index in [0.29, 0.717) is 25.5 Å².